The Balaban J connectivity index is 2.19. The van der Waals surface area contributed by atoms with Crippen LogP contribution < -0.4 is 5.32 Å². The van der Waals surface area contributed by atoms with Gasteiger partial charge in [0, 0.05) is 17.6 Å². The first-order chi connectivity index (χ1) is 6.71. The van der Waals surface area contributed by atoms with Gasteiger partial charge in [0.1, 0.15) is 0 Å². The molecule has 1 saturated carbocycles. The maximum Gasteiger partial charge on any atom is 0.0384 e. The van der Waals surface area contributed by atoms with Crippen LogP contribution in [-0.4, -0.2) is 6.54 Å². The van der Waals surface area contributed by atoms with E-state index in [-0.39, 0.29) is 0 Å². The number of fused-ring (bicyclic) bond motifs is 2. The minimum absolute atomic E-state index is 0.521. The molecule has 0 saturated heterocycles. The lowest BCUT2D eigenvalue weighted by Crippen LogP contribution is -2.36. The van der Waals surface area contributed by atoms with Crippen molar-refractivity contribution in [3.63, 3.8) is 0 Å². The first kappa shape index (κ1) is 8.34. The van der Waals surface area contributed by atoms with Crippen LogP contribution >= 0.6 is 0 Å². The summed E-state index contributed by atoms with van der Waals surface area (Å²) in [5.41, 5.74) is 6.42. The molecule has 1 fully saturated rings. The van der Waals surface area contributed by atoms with E-state index in [1.165, 1.54) is 42.6 Å². The van der Waals surface area contributed by atoms with Gasteiger partial charge in [0.05, 0.1) is 0 Å². The Morgan fingerprint density at radius 2 is 2.00 bits per heavy atom. The summed E-state index contributed by atoms with van der Waals surface area (Å²) in [6, 6.07) is 4.63. The van der Waals surface area contributed by atoms with Crippen LogP contribution in [0.1, 0.15) is 36.0 Å². The second-order valence-corrected chi connectivity index (χ2v) is 4.99. The van der Waals surface area contributed by atoms with E-state index in [0.717, 1.165) is 0 Å². The summed E-state index contributed by atoms with van der Waals surface area (Å²) in [6.07, 6.45) is 4.18. The molecular weight excluding hydrogens is 170 g/mol. The van der Waals surface area contributed by atoms with E-state index in [1.807, 2.05) is 0 Å². The lowest BCUT2D eigenvalue weighted by molar-refractivity contribution is 0.271. The fraction of sp³-hybridized carbons (Fsp3) is 0.538. The van der Waals surface area contributed by atoms with Gasteiger partial charge in [-0.3, -0.25) is 0 Å². The number of aryl methyl sites for hydroxylation is 2. The number of hydrogen-bond acceptors (Lipinski definition) is 1. The molecule has 1 heterocycles. The molecule has 1 nitrogen and oxygen atoms in total. The molecule has 3 rings (SSSR count). The van der Waals surface area contributed by atoms with Gasteiger partial charge in [0.25, 0.3) is 0 Å². The molecule has 1 spiro atoms. The van der Waals surface area contributed by atoms with Gasteiger partial charge in [0.2, 0.25) is 0 Å². The Labute approximate surface area is 85.5 Å². The number of hydrogen-bond donors (Lipinski definition) is 1. The Hall–Kier alpha value is -0.980. The van der Waals surface area contributed by atoms with Gasteiger partial charge < -0.3 is 5.32 Å². The zero-order chi connectivity index (χ0) is 9.76. The highest BCUT2D eigenvalue weighted by molar-refractivity contribution is 5.65. The van der Waals surface area contributed by atoms with Crippen LogP contribution in [0.4, 0.5) is 5.69 Å². The lowest BCUT2D eigenvalue weighted by Gasteiger charge is -2.39. The molecule has 0 atom stereocenters. The third-order valence-corrected chi connectivity index (χ3v) is 3.94. The average molecular weight is 187 g/mol. The van der Waals surface area contributed by atoms with Crippen molar-refractivity contribution in [2.24, 2.45) is 0 Å². The first-order valence-electron chi connectivity index (χ1n) is 5.57. The van der Waals surface area contributed by atoms with Crippen molar-refractivity contribution in [1.29, 1.82) is 0 Å². The van der Waals surface area contributed by atoms with Crippen LogP contribution in [0.15, 0.2) is 12.1 Å². The first-order valence-corrected chi connectivity index (χ1v) is 5.57. The van der Waals surface area contributed by atoms with Gasteiger partial charge in [-0.2, -0.15) is 0 Å². The average Bonchev–Trinajstić information content (AvgIpc) is 2.42. The molecule has 0 bridgehead atoms. The van der Waals surface area contributed by atoms with Gasteiger partial charge in [-0.25, -0.2) is 0 Å². The van der Waals surface area contributed by atoms with E-state index in [4.69, 9.17) is 0 Å². The molecular formula is C13H17N. The van der Waals surface area contributed by atoms with Gasteiger partial charge >= 0.3 is 0 Å². The molecule has 1 aromatic rings. The fourth-order valence-electron chi connectivity index (χ4n) is 3.19. The maximum absolute atomic E-state index is 3.57. The van der Waals surface area contributed by atoms with Crippen LogP contribution in [0.3, 0.4) is 0 Å². The van der Waals surface area contributed by atoms with E-state index in [9.17, 15) is 0 Å². The van der Waals surface area contributed by atoms with Crippen molar-refractivity contribution < 1.29 is 0 Å². The summed E-state index contributed by atoms with van der Waals surface area (Å²) in [6.45, 7) is 5.62. The molecule has 0 radical (unpaired) electrons. The Kier molecular flexibility index (Phi) is 1.51. The van der Waals surface area contributed by atoms with E-state index in [0.29, 0.717) is 5.41 Å². The van der Waals surface area contributed by atoms with Crippen LogP contribution in [0.25, 0.3) is 0 Å². The summed E-state index contributed by atoms with van der Waals surface area (Å²) < 4.78 is 0. The third kappa shape index (κ3) is 0.902. The zero-order valence-corrected chi connectivity index (χ0v) is 8.98. The van der Waals surface area contributed by atoms with Crippen LogP contribution in [0, 0.1) is 13.8 Å². The van der Waals surface area contributed by atoms with E-state index in [2.05, 4.69) is 31.3 Å². The van der Waals surface area contributed by atoms with Crippen molar-refractivity contribution in [2.75, 3.05) is 11.9 Å². The Morgan fingerprint density at radius 3 is 2.64 bits per heavy atom. The molecule has 1 aromatic carbocycles. The maximum atomic E-state index is 3.57. The molecule has 2 aliphatic rings. The third-order valence-electron chi connectivity index (χ3n) is 3.94. The van der Waals surface area contributed by atoms with E-state index < -0.39 is 0 Å². The normalized spacial score (nSPS) is 21.6. The largest absolute Gasteiger partial charge is 0.384 e. The van der Waals surface area contributed by atoms with Crippen molar-refractivity contribution in [3.05, 3.63) is 28.8 Å². The number of anilines is 1. The Morgan fingerprint density at radius 1 is 1.21 bits per heavy atom. The number of nitrogens with one attached hydrogen (secondary N) is 1. The number of rotatable bonds is 0. The minimum Gasteiger partial charge on any atom is -0.384 e. The highest BCUT2D eigenvalue weighted by Crippen LogP contribution is 2.51. The monoisotopic (exact) mass is 187 g/mol. The lowest BCUT2D eigenvalue weighted by atomic mass is 9.64. The Bertz CT molecular complexity index is 388. The van der Waals surface area contributed by atoms with Crippen molar-refractivity contribution >= 4 is 5.69 Å². The molecule has 1 heteroatoms. The van der Waals surface area contributed by atoms with Crippen molar-refractivity contribution in [1.82, 2.24) is 0 Å². The minimum atomic E-state index is 0.521. The highest BCUT2D eigenvalue weighted by Gasteiger charge is 2.44. The fourth-order valence-corrected chi connectivity index (χ4v) is 3.19. The quantitative estimate of drug-likeness (QED) is 0.658. The summed E-state index contributed by atoms with van der Waals surface area (Å²) in [7, 11) is 0. The van der Waals surface area contributed by atoms with Gasteiger partial charge in [-0.15, -0.1) is 0 Å². The molecule has 0 amide bonds. The molecule has 74 valence electrons. The molecule has 0 aromatic heterocycles. The van der Waals surface area contributed by atoms with Crippen LogP contribution in [0.2, 0.25) is 0 Å². The second kappa shape index (κ2) is 2.53. The predicted octanol–water partition coefficient (Wildman–Crippen LogP) is 3.15. The summed E-state index contributed by atoms with van der Waals surface area (Å²) in [4.78, 5) is 0. The predicted molar refractivity (Wildman–Crippen MR) is 59.9 cm³/mol. The molecule has 14 heavy (non-hydrogen) atoms. The molecule has 1 aliphatic heterocycles. The van der Waals surface area contributed by atoms with Gasteiger partial charge in [0.15, 0.2) is 0 Å². The second-order valence-electron chi connectivity index (χ2n) is 4.99. The molecule has 1 N–H and O–H groups in total. The standard InChI is InChI=1S/C13H17N/c1-9-6-10(2)12-11(7-9)14-8-13(12)4-3-5-13/h6-7,14H,3-5,8H2,1-2H3. The van der Waals surface area contributed by atoms with Crippen LogP contribution in [0.5, 0.6) is 0 Å². The number of benzene rings is 1. The zero-order valence-electron chi connectivity index (χ0n) is 8.98. The summed E-state index contributed by atoms with van der Waals surface area (Å²) >= 11 is 0. The van der Waals surface area contributed by atoms with Crippen molar-refractivity contribution in [3.8, 4) is 0 Å². The SMILES string of the molecule is Cc1cc(C)c2c(c1)NCC21CCC1. The molecule has 0 unspecified atom stereocenters. The van der Waals surface area contributed by atoms with Gasteiger partial charge in [-0.1, -0.05) is 12.5 Å². The van der Waals surface area contributed by atoms with Gasteiger partial charge in [-0.05, 0) is 49.4 Å². The molecule has 1 aliphatic carbocycles. The smallest absolute Gasteiger partial charge is 0.0384 e. The van der Waals surface area contributed by atoms with Crippen LogP contribution in [-0.2, 0) is 5.41 Å². The topological polar surface area (TPSA) is 12.0 Å². The van der Waals surface area contributed by atoms with E-state index >= 15 is 0 Å². The summed E-state index contributed by atoms with van der Waals surface area (Å²) in [5, 5.41) is 3.57. The highest BCUT2D eigenvalue weighted by atomic mass is 14.9. The van der Waals surface area contributed by atoms with E-state index in [1.54, 1.807) is 5.56 Å². The summed E-state index contributed by atoms with van der Waals surface area (Å²) in [5.74, 6) is 0. The van der Waals surface area contributed by atoms with Crippen molar-refractivity contribution in [2.45, 2.75) is 38.5 Å².